The predicted octanol–water partition coefficient (Wildman–Crippen LogP) is 5.12. The van der Waals surface area contributed by atoms with Crippen molar-refractivity contribution in [1.29, 1.82) is 0 Å². The highest BCUT2D eigenvalue weighted by atomic mass is 15.2. The van der Waals surface area contributed by atoms with Crippen molar-refractivity contribution in [2.45, 2.75) is 26.7 Å². The second-order valence-electron chi connectivity index (χ2n) is 7.88. The first-order valence-electron chi connectivity index (χ1n) is 10.6. The monoisotopic (exact) mass is 411 g/mol. The van der Waals surface area contributed by atoms with Crippen LogP contribution in [0.3, 0.4) is 0 Å². The molecule has 2 aromatic carbocycles. The minimum Gasteiger partial charge on any atom is -0.354 e. The molecule has 0 atom stereocenters. The Bertz CT molecular complexity index is 1210. The molecule has 0 aliphatic carbocycles. The van der Waals surface area contributed by atoms with Crippen LogP contribution in [0.25, 0.3) is 11.0 Å². The van der Waals surface area contributed by atoms with Crippen molar-refractivity contribution in [1.82, 2.24) is 19.9 Å². The summed E-state index contributed by atoms with van der Waals surface area (Å²) in [5.41, 5.74) is 5.51. The Morgan fingerprint density at radius 1 is 0.710 bits per heavy atom. The van der Waals surface area contributed by atoms with Crippen LogP contribution in [0.5, 0.6) is 0 Å². The Balaban J connectivity index is 1.46. The van der Waals surface area contributed by atoms with Gasteiger partial charge in [-0.15, -0.1) is 0 Å². The first kappa shape index (κ1) is 19.2. The molecule has 1 aliphatic rings. The molecular weight excluding hydrogens is 386 g/mol. The highest BCUT2D eigenvalue weighted by molar-refractivity contribution is 5.82. The maximum absolute atomic E-state index is 4.93. The second-order valence-corrected chi connectivity index (χ2v) is 7.88. The van der Waals surface area contributed by atoms with Crippen LogP contribution in [0, 0.1) is 13.8 Å². The highest BCUT2D eigenvalue weighted by Gasteiger charge is 2.19. The Labute approximate surface area is 181 Å². The molecule has 3 heterocycles. The van der Waals surface area contributed by atoms with Crippen molar-refractivity contribution in [3.63, 3.8) is 0 Å². The molecule has 1 saturated heterocycles. The number of nitrogens with zero attached hydrogens (tertiary/aromatic N) is 5. The summed E-state index contributed by atoms with van der Waals surface area (Å²) in [5.74, 6) is 2.28. The molecule has 1 aliphatic heterocycles. The van der Waals surface area contributed by atoms with Gasteiger partial charge in [0.25, 0.3) is 0 Å². The first-order valence-corrected chi connectivity index (χ1v) is 10.6. The van der Waals surface area contributed by atoms with Gasteiger partial charge in [0.2, 0.25) is 5.95 Å². The van der Waals surface area contributed by atoms with E-state index in [4.69, 9.17) is 9.97 Å². The molecule has 0 radical (unpaired) electrons. The Hall–Kier alpha value is -3.74. The lowest BCUT2D eigenvalue weighted by Crippen LogP contribution is -2.21. The molecule has 2 aromatic heterocycles. The number of fused-ring (bicyclic) bond motifs is 1. The largest absolute Gasteiger partial charge is 0.354 e. The van der Waals surface area contributed by atoms with Crippen LogP contribution in [0.15, 0.2) is 54.6 Å². The van der Waals surface area contributed by atoms with Crippen molar-refractivity contribution in [2.24, 2.45) is 0 Å². The van der Waals surface area contributed by atoms with Gasteiger partial charge in [0.15, 0.2) is 11.6 Å². The fourth-order valence-corrected chi connectivity index (χ4v) is 3.95. The van der Waals surface area contributed by atoms with Gasteiger partial charge in [-0.25, -0.2) is 19.9 Å². The highest BCUT2D eigenvalue weighted by Crippen LogP contribution is 2.31. The van der Waals surface area contributed by atoms with Gasteiger partial charge in [-0.05, 0) is 63.1 Å². The summed E-state index contributed by atoms with van der Waals surface area (Å²) in [4.78, 5) is 21.1. The fourth-order valence-electron chi connectivity index (χ4n) is 3.95. The molecule has 4 aromatic rings. The third-order valence-electron chi connectivity index (χ3n) is 5.32. The van der Waals surface area contributed by atoms with E-state index in [9.17, 15) is 0 Å². The van der Waals surface area contributed by atoms with E-state index in [2.05, 4.69) is 25.5 Å². The first-order chi connectivity index (χ1) is 15.1. The molecule has 2 N–H and O–H groups in total. The van der Waals surface area contributed by atoms with Gasteiger partial charge >= 0.3 is 0 Å². The normalized spacial score (nSPS) is 13.5. The number of para-hydroxylation sites is 2. The minimum atomic E-state index is 0.595. The fraction of sp³-hybridized carbons (Fsp3) is 0.250. The Kier molecular flexibility index (Phi) is 5.08. The SMILES string of the molecule is Cc1cc(C)nc(Nc2cccc(Nc3nc4ccccc4nc3N3CCCC3)c2)n1. The quantitative estimate of drug-likeness (QED) is 0.472. The summed E-state index contributed by atoms with van der Waals surface area (Å²) in [6.07, 6.45) is 2.37. The van der Waals surface area contributed by atoms with Crippen LogP contribution in [-0.4, -0.2) is 33.0 Å². The van der Waals surface area contributed by atoms with Crippen molar-refractivity contribution in [3.05, 3.63) is 66.0 Å². The number of hydrogen-bond donors (Lipinski definition) is 2. The molecule has 5 rings (SSSR count). The average Bonchev–Trinajstić information content (AvgIpc) is 3.27. The van der Waals surface area contributed by atoms with Crippen LogP contribution in [0.4, 0.5) is 29.0 Å². The predicted molar refractivity (Wildman–Crippen MR) is 125 cm³/mol. The maximum Gasteiger partial charge on any atom is 0.227 e. The third kappa shape index (κ3) is 4.26. The molecule has 0 spiro atoms. The van der Waals surface area contributed by atoms with Crippen molar-refractivity contribution < 1.29 is 0 Å². The average molecular weight is 412 g/mol. The maximum atomic E-state index is 4.93. The van der Waals surface area contributed by atoms with E-state index in [-0.39, 0.29) is 0 Å². The van der Waals surface area contributed by atoms with Crippen LogP contribution in [0.1, 0.15) is 24.2 Å². The molecule has 0 bridgehead atoms. The van der Waals surface area contributed by atoms with E-state index in [0.29, 0.717) is 5.95 Å². The zero-order valence-corrected chi connectivity index (χ0v) is 17.8. The van der Waals surface area contributed by atoms with Gasteiger partial charge < -0.3 is 15.5 Å². The second kappa shape index (κ2) is 8.18. The van der Waals surface area contributed by atoms with Crippen LogP contribution in [0.2, 0.25) is 0 Å². The number of benzene rings is 2. The molecule has 156 valence electrons. The molecule has 0 amide bonds. The summed E-state index contributed by atoms with van der Waals surface area (Å²) in [6, 6.07) is 18.0. The van der Waals surface area contributed by atoms with E-state index in [1.807, 2.05) is 68.4 Å². The Morgan fingerprint density at radius 3 is 2.06 bits per heavy atom. The van der Waals surface area contributed by atoms with Gasteiger partial charge in [-0.2, -0.15) is 0 Å². The van der Waals surface area contributed by atoms with Gasteiger partial charge in [-0.3, -0.25) is 0 Å². The van der Waals surface area contributed by atoms with Crippen LogP contribution in [-0.2, 0) is 0 Å². The molecule has 0 saturated carbocycles. The van der Waals surface area contributed by atoms with E-state index >= 15 is 0 Å². The topological polar surface area (TPSA) is 78.9 Å². The van der Waals surface area contributed by atoms with E-state index in [1.165, 1.54) is 12.8 Å². The standard InChI is InChI=1S/C24H25N7/c1-16-14-17(2)26-24(25-16)28-19-9-7-8-18(15-19)27-22-23(31-12-5-6-13-31)30-21-11-4-3-10-20(21)29-22/h3-4,7-11,14-15H,5-6,12-13H2,1-2H3,(H,27,29)(H,25,26,28). The number of aryl methyl sites for hydroxylation is 2. The number of nitrogens with one attached hydrogen (secondary N) is 2. The van der Waals surface area contributed by atoms with E-state index < -0.39 is 0 Å². The molecular formula is C24H25N7. The molecule has 7 heteroatoms. The van der Waals surface area contributed by atoms with Crippen LogP contribution < -0.4 is 15.5 Å². The van der Waals surface area contributed by atoms with Gasteiger partial charge in [0.1, 0.15) is 0 Å². The van der Waals surface area contributed by atoms with Gasteiger partial charge in [-0.1, -0.05) is 18.2 Å². The van der Waals surface area contributed by atoms with Crippen molar-refractivity contribution >= 4 is 40.0 Å². The Morgan fingerprint density at radius 2 is 1.35 bits per heavy atom. The van der Waals surface area contributed by atoms with Crippen molar-refractivity contribution in [2.75, 3.05) is 28.6 Å². The lowest BCUT2D eigenvalue weighted by atomic mass is 10.2. The molecule has 1 fully saturated rings. The summed E-state index contributed by atoms with van der Waals surface area (Å²) in [6.45, 7) is 5.95. The summed E-state index contributed by atoms with van der Waals surface area (Å²) < 4.78 is 0. The smallest absolute Gasteiger partial charge is 0.227 e. The summed E-state index contributed by atoms with van der Waals surface area (Å²) >= 11 is 0. The molecule has 0 unspecified atom stereocenters. The minimum absolute atomic E-state index is 0.595. The third-order valence-corrected chi connectivity index (χ3v) is 5.32. The lowest BCUT2D eigenvalue weighted by Gasteiger charge is -2.20. The zero-order chi connectivity index (χ0) is 21.2. The van der Waals surface area contributed by atoms with E-state index in [0.717, 1.165) is 58.5 Å². The number of hydrogen-bond acceptors (Lipinski definition) is 7. The number of rotatable bonds is 5. The summed E-state index contributed by atoms with van der Waals surface area (Å²) in [7, 11) is 0. The van der Waals surface area contributed by atoms with Gasteiger partial charge in [0.05, 0.1) is 11.0 Å². The van der Waals surface area contributed by atoms with Gasteiger partial charge in [0, 0.05) is 35.9 Å². The zero-order valence-electron chi connectivity index (χ0n) is 17.8. The summed E-state index contributed by atoms with van der Waals surface area (Å²) in [5, 5.41) is 6.80. The van der Waals surface area contributed by atoms with Crippen LogP contribution >= 0.6 is 0 Å². The number of anilines is 5. The molecule has 7 nitrogen and oxygen atoms in total. The lowest BCUT2D eigenvalue weighted by molar-refractivity contribution is 0.939. The van der Waals surface area contributed by atoms with Crippen molar-refractivity contribution in [3.8, 4) is 0 Å². The number of aromatic nitrogens is 4. The molecule has 31 heavy (non-hydrogen) atoms. The van der Waals surface area contributed by atoms with E-state index in [1.54, 1.807) is 0 Å².